The lowest BCUT2D eigenvalue weighted by molar-refractivity contribution is -0.134. The molecule has 2 fully saturated rings. The Hall–Kier alpha value is -3.41. The number of nitrogens with one attached hydrogen (secondary N) is 1. The average molecular weight is 415 g/mol. The van der Waals surface area contributed by atoms with E-state index < -0.39 is 5.54 Å². The molecule has 2 heterocycles. The van der Waals surface area contributed by atoms with Crippen LogP contribution in [0, 0.1) is 5.92 Å². The van der Waals surface area contributed by atoms with Gasteiger partial charge in [0, 0.05) is 17.3 Å². The van der Waals surface area contributed by atoms with Gasteiger partial charge in [-0.05, 0) is 30.9 Å². The molecule has 1 saturated carbocycles. The van der Waals surface area contributed by atoms with E-state index in [1.165, 1.54) is 4.90 Å². The van der Waals surface area contributed by atoms with E-state index in [9.17, 15) is 9.59 Å². The van der Waals surface area contributed by atoms with Gasteiger partial charge in [-0.1, -0.05) is 68.3 Å². The van der Waals surface area contributed by atoms with Crippen LogP contribution in [0.1, 0.15) is 38.2 Å². The predicted molar refractivity (Wildman–Crippen MR) is 118 cm³/mol. The fourth-order valence-corrected chi connectivity index (χ4v) is 4.89. The van der Waals surface area contributed by atoms with Gasteiger partial charge in [0.05, 0.1) is 17.9 Å². The molecule has 1 aromatic heterocycles. The Morgan fingerprint density at radius 2 is 1.74 bits per heavy atom. The van der Waals surface area contributed by atoms with Gasteiger partial charge in [0.1, 0.15) is 5.54 Å². The standard InChI is InChI=1S/C25H26N4O2/c1-18-10-8-9-15-25(18)23(30)28(24(31)26-25)16-20-17-29(21-13-6-3-7-14-21)27-22(20)19-11-4-2-5-12-19/h2-7,11-14,17-18H,8-10,15-16H2,1H3,(H,26,31)/t18-,25-/m0/s1. The molecule has 1 aliphatic carbocycles. The Morgan fingerprint density at radius 3 is 2.45 bits per heavy atom. The molecule has 5 rings (SSSR count). The predicted octanol–water partition coefficient (Wildman–Crippen LogP) is 4.54. The summed E-state index contributed by atoms with van der Waals surface area (Å²) < 4.78 is 1.81. The third-order valence-electron chi connectivity index (χ3n) is 6.69. The summed E-state index contributed by atoms with van der Waals surface area (Å²) in [5, 5.41) is 7.86. The summed E-state index contributed by atoms with van der Waals surface area (Å²) in [7, 11) is 0. The minimum atomic E-state index is -0.752. The Balaban J connectivity index is 1.52. The van der Waals surface area contributed by atoms with E-state index >= 15 is 0 Å². The van der Waals surface area contributed by atoms with Crippen molar-refractivity contribution in [2.45, 2.75) is 44.7 Å². The molecule has 2 aromatic carbocycles. The summed E-state index contributed by atoms with van der Waals surface area (Å²) >= 11 is 0. The van der Waals surface area contributed by atoms with Crippen molar-refractivity contribution in [3.63, 3.8) is 0 Å². The summed E-state index contributed by atoms with van der Waals surface area (Å²) in [6.45, 7) is 2.28. The topological polar surface area (TPSA) is 67.2 Å². The summed E-state index contributed by atoms with van der Waals surface area (Å²) in [4.78, 5) is 27.7. The highest BCUT2D eigenvalue weighted by Crippen LogP contribution is 2.39. The third kappa shape index (κ3) is 3.32. The zero-order valence-electron chi connectivity index (χ0n) is 17.6. The molecule has 6 heteroatoms. The number of carbonyl (C=O) groups is 2. The molecule has 158 valence electrons. The quantitative estimate of drug-likeness (QED) is 0.638. The highest BCUT2D eigenvalue weighted by Gasteiger charge is 2.54. The van der Waals surface area contributed by atoms with Gasteiger partial charge in [0.2, 0.25) is 0 Å². The second kappa shape index (κ2) is 7.69. The van der Waals surface area contributed by atoms with Gasteiger partial charge < -0.3 is 5.32 Å². The molecule has 2 atom stereocenters. The smallest absolute Gasteiger partial charge is 0.323 e. The monoisotopic (exact) mass is 414 g/mol. The SMILES string of the molecule is C[C@H]1CCCC[C@]12NC(=O)N(Cc1cn(-c3ccccc3)nc1-c1ccccc1)C2=O. The van der Waals surface area contributed by atoms with Crippen LogP contribution in [-0.4, -0.2) is 32.2 Å². The van der Waals surface area contributed by atoms with Crippen molar-refractivity contribution in [1.29, 1.82) is 0 Å². The number of hydrogen-bond acceptors (Lipinski definition) is 3. The van der Waals surface area contributed by atoms with Crippen LogP contribution < -0.4 is 5.32 Å². The van der Waals surface area contributed by atoms with Gasteiger partial charge in [-0.25, -0.2) is 9.48 Å². The van der Waals surface area contributed by atoms with Crippen LogP contribution in [0.25, 0.3) is 16.9 Å². The van der Waals surface area contributed by atoms with E-state index in [2.05, 4.69) is 12.2 Å². The molecule has 0 radical (unpaired) electrons. The second-order valence-electron chi connectivity index (χ2n) is 8.59. The number of benzene rings is 2. The van der Waals surface area contributed by atoms with Gasteiger partial charge in [-0.3, -0.25) is 9.69 Å². The van der Waals surface area contributed by atoms with E-state index in [0.29, 0.717) is 6.42 Å². The molecule has 31 heavy (non-hydrogen) atoms. The molecular formula is C25H26N4O2. The molecular weight excluding hydrogens is 388 g/mol. The molecule has 0 unspecified atom stereocenters. The van der Waals surface area contributed by atoms with Crippen LogP contribution in [0.15, 0.2) is 66.9 Å². The maximum absolute atomic E-state index is 13.4. The Kier molecular flexibility index (Phi) is 4.85. The van der Waals surface area contributed by atoms with Crippen LogP contribution in [0.2, 0.25) is 0 Å². The summed E-state index contributed by atoms with van der Waals surface area (Å²) in [5.74, 6) is 0.0412. The van der Waals surface area contributed by atoms with Gasteiger partial charge in [0.25, 0.3) is 5.91 Å². The number of amides is 3. The van der Waals surface area contributed by atoms with E-state index in [-0.39, 0.29) is 24.4 Å². The van der Waals surface area contributed by atoms with Crippen molar-refractivity contribution in [2.75, 3.05) is 0 Å². The number of hydrogen-bond donors (Lipinski definition) is 1. The number of para-hydroxylation sites is 1. The summed E-state index contributed by atoms with van der Waals surface area (Å²) in [6.07, 6.45) is 5.66. The molecule has 1 aliphatic heterocycles. The van der Waals surface area contributed by atoms with Crippen molar-refractivity contribution in [1.82, 2.24) is 20.0 Å². The molecule has 2 aliphatic rings. The zero-order valence-corrected chi connectivity index (χ0v) is 17.6. The van der Waals surface area contributed by atoms with Crippen LogP contribution in [0.3, 0.4) is 0 Å². The maximum Gasteiger partial charge on any atom is 0.325 e. The number of rotatable bonds is 4. The molecule has 0 bridgehead atoms. The van der Waals surface area contributed by atoms with E-state index in [1.54, 1.807) is 0 Å². The van der Waals surface area contributed by atoms with Gasteiger partial charge in [0.15, 0.2) is 0 Å². The van der Waals surface area contributed by atoms with E-state index in [1.807, 2.05) is 71.5 Å². The minimum absolute atomic E-state index is 0.101. The molecule has 3 aromatic rings. The van der Waals surface area contributed by atoms with Gasteiger partial charge >= 0.3 is 6.03 Å². The van der Waals surface area contributed by atoms with Crippen molar-refractivity contribution < 1.29 is 9.59 Å². The summed E-state index contributed by atoms with van der Waals surface area (Å²) in [6, 6.07) is 19.4. The van der Waals surface area contributed by atoms with E-state index in [0.717, 1.165) is 41.8 Å². The number of imide groups is 1. The molecule has 6 nitrogen and oxygen atoms in total. The maximum atomic E-state index is 13.4. The normalized spacial score (nSPS) is 23.4. The highest BCUT2D eigenvalue weighted by molar-refractivity contribution is 6.07. The first-order valence-corrected chi connectivity index (χ1v) is 10.9. The van der Waals surface area contributed by atoms with Crippen molar-refractivity contribution in [3.8, 4) is 16.9 Å². The van der Waals surface area contributed by atoms with Gasteiger partial charge in [-0.15, -0.1) is 0 Å². The van der Waals surface area contributed by atoms with Gasteiger partial charge in [-0.2, -0.15) is 5.10 Å². The average Bonchev–Trinajstić information content (AvgIpc) is 3.33. The fraction of sp³-hybridized carbons (Fsp3) is 0.320. The Bertz CT molecular complexity index is 1110. The Morgan fingerprint density at radius 1 is 1.03 bits per heavy atom. The lowest BCUT2D eigenvalue weighted by atomic mass is 9.73. The van der Waals surface area contributed by atoms with E-state index in [4.69, 9.17) is 5.10 Å². The zero-order chi connectivity index (χ0) is 21.4. The van der Waals surface area contributed by atoms with Crippen LogP contribution in [0.4, 0.5) is 4.79 Å². The van der Waals surface area contributed by atoms with Crippen molar-refractivity contribution >= 4 is 11.9 Å². The first-order chi connectivity index (χ1) is 15.1. The molecule has 1 saturated heterocycles. The first kappa shape index (κ1) is 19.5. The second-order valence-corrected chi connectivity index (χ2v) is 8.59. The van der Waals surface area contributed by atoms with Crippen molar-refractivity contribution in [2.24, 2.45) is 5.92 Å². The molecule has 1 spiro atoms. The number of carbonyl (C=O) groups excluding carboxylic acids is 2. The number of nitrogens with zero attached hydrogens (tertiary/aromatic N) is 3. The summed E-state index contributed by atoms with van der Waals surface area (Å²) in [5.41, 5.74) is 2.76. The van der Waals surface area contributed by atoms with Crippen LogP contribution >= 0.6 is 0 Å². The highest BCUT2D eigenvalue weighted by atomic mass is 16.2. The molecule has 3 amide bonds. The largest absolute Gasteiger partial charge is 0.325 e. The Labute approximate surface area is 181 Å². The lowest BCUT2D eigenvalue weighted by Crippen LogP contribution is -2.53. The first-order valence-electron chi connectivity index (χ1n) is 10.9. The number of aromatic nitrogens is 2. The fourth-order valence-electron chi connectivity index (χ4n) is 4.89. The number of urea groups is 1. The van der Waals surface area contributed by atoms with Crippen LogP contribution in [-0.2, 0) is 11.3 Å². The van der Waals surface area contributed by atoms with Crippen molar-refractivity contribution in [3.05, 3.63) is 72.4 Å². The van der Waals surface area contributed by atoms with Crippen LogP contribution in [0.5, 0.6) is 0 Å². The molecule has 1 N–H and O–H groups in total. The third-order valence-corrected chi connectivity index (χ3v) is 6.69. The minimum Gasteiger partial charge on any atom is -0.323 e. The lowest BCUT2D eigenvalue weighted by Gasteiger charge is -2.36.